The van der Waals surface area contributed by atoms with Crippen molar-refractivity contribution in [2.45, 2.75) is 31.8 Å². The van der Waals surface area contributed by atoms with Gasteiger partial charge in [0.2, 0.25) is 0 Å². The van der Waals surface area contributed by atoms with Crippen LogP contribution in [0.15, 0.2) is 42.5 Å². The molecule has 0 radical (unpaired) electrons. The van der Waals surface area contributed by atoms with Crippen LogP contribution in [0.5, 0.6) is 11.5 Å². The summed E-state index contributed by atoms with van der Waals surface area (Å²) in [5, 5.41) is 11.3. The van der Waals surface area contributed by atoms with Gasteiger partial charge in [-0.05, 0) is 62.4 Å². The fraction of sp³-hybridized carbons (Fsp3) is 0.448. The van der Waals surface area contributed by atoms with Crippen molar-refractivity contribution in [3.63, 3.8) is 0 Å². The quantitative estimate of drug-likeness (QED) is 0.488. The molecule has 2 aromatic carbocycles. The number of carbonyl (C=O) groups is 2. The summed E-state index contributed by atoms with van der Waals surface area (Å²) in [6.45, 7) is 9.25. The van der Waals surface area contributed by atoms with Gasteiger partial charge in [-0.2, -0.15) is 0 Å². The van der Waals surface area contributed by atoms with Crippen LogP contribution in [0.25, 0.3) is 10.9 Å². The van der Waals surface area contributed by atoms with Crippen molar-refractivity contribution < 1.29 is 19.4 Å². The van der Waals surface area contributed by atoms with Gasteiger partial charge in [-0.15, -0.1) is 0 Å². The van der Waals surface area contributed by atoms with E-state index in [1.54, 1.807) is 23.1 Å². The molecule has 3 aliphatic heterocycles. The molecular weight excluding hydrogens is 482 g/mol. The number of likely N-dealkylation sites (N-methyl/N-ethyl adjacent to an activating group) is 1. The molecule has 2 fully saturated rings. The smallest absolute Gasteiger partial charge is 0.328 e. The van der Waals surface area contributed by atoms with Gasteiger partial charge in [0.25, 0.3) is 5.91 Å². The van der Waals surface area contributed by atoms with E-state index in [9.17, 15) is 14.7 Å². The van der Waals surface area contributed by atoms with E-state index in [0.717, 1.165) is 59.7 Å². The molecule has 3 amide bonds. The highest BCUT2D eigenvalue weighted by molar-refractivity contribution is 6.08. The van der Waals surface area contributed by atoms with Crippen molar-refractivity contribution in [1.29, 1.82) is 0 Å². The average Bonchev–Trinajstić information content (AvgIpc) is 3.34. The number of benzene rings is 2. The second kappa shape index (κ2) is 9.32. The summed E-state index contributed by atoms with van der Waals surface area (Å²) in [5.41, 5.74) is 2.53. The Balaban J connectivity index is 1.41. The van der Waals surface area contributed by atoms with Gasteiger partial charge < -0.3 is 19.7 Å². The highest BCUT2D eigenvalue weighted by Crippen LogP contribution is 2.49. The standard InChI is InChI=1S/C29H35N5O4/c1-4-38-21-8-9-24-22(17-21)23-18-29(2)27(36)33(15-14-32-12-10-31(3)11-13-32)28(37)34(29)26(25(23)30-24)19-6-5-7-20(35)16-19/h5-9,16-17,26,30,35H,4,10-15,18H2,1-3H3. The van der Waals surface area contributed by atoms with Gasteiger partial charge >= 0.3 is 6.03 Å². The van der Waals surface area contributed by atoms with Crippen LogP contribution in [-0.2, 0) is 11.2 Å². The van der Waals surface area contributed by atoms with E-state index in [1.807, 2.05) is 38.1 Å². The summed E-state index contributed by atoms with van der Waals surface area (Å²) >= 11 is 0. The molecule has 2 atom stereocenters. The SMILES string of the molecule is CCOc1ccc2[nH]c3c(c2c1)CC1(C)C(=O)N(CCN2CCN(C)CC2)C(=O)N1C3c1cccc(O)c1. The molecule has 200 valence electrons. The van der Waals surface area contributed by atoms with Gasteiger partial charge in [-0.25, -0.2) is 4.79 Å². The molecule has 9 heteroatoms. The molecule has 3 aromatic rings. The lowest BCUT2D eigenvalue weighted by Crippen LogP contribution is -2.53. The van der Waals surface area contributed by atoms with E-state index in [2.05, 4.69) is 21.8 Å². The van der Waals surface area contributed by atoms with Gasteiger partial charge in [0.15, 0.2) is 0 Å². The maximum absolute atomic E-state index is 14.0. The minimum absolute atomic E-state index is 0.121. The number of urea groups is 1. The summed E-state index contributed by atoms with van der Waals surface area (Å²) in [4.78, 5) is 39.4. The van der Waals surface area contributed by atoms with E-state index in [1.165, 1.54) is 4.90 Å². The maximum Gasteiger partial charge on any atom is 0.328 e. The third-order valence-electron chi connectivity index (χ3n) is 8.37. The normalized spacial score (nSPS) is 24.2. The van der Waals surface area contributed by atoms with Crippen molar-refractivity contribution in [3.8, 4) is 11.5 Å². The van der Waals surface area contributed by atoms with Gasteiger partial charge in [-0.3, -0.25) is 19.5 Å². The number of aromatic hydroxyl groups is 1. The monoisotopic (exact) mass is 517 g/mol. The van der Waals surface area contributed by atoms with Crippen LogP contribution in [0.4, 0.5) is 4.79 Å². The number of piperazine rings is 1. The zero-order valence-electron chi connectivity index (χ0n) is 22.2. The molecule has 0 saturated carbocycles. The van der Waals surface area contributed by atoms with Gasteiger partial charge in [0.1, 0.15) is 23.1 Å². The van der Waals surface area contributed by atoms with Crippen molar-refractivity contribution in [3.05, 3.63) is 59.3 Å². The maximum atomic E-state index is 14.0. The number of aromatic amines is 1. The number of nitrogens with one attached hydrogen (secondary N) is 1. The first-order valence-electron chi connectivity index (χ1n) is 13.4. The minimum Gasteiger partial charge on any atom is -0.508 e. The fourth-order valence-corrected chi connectivity index (χ4v) is 6.30. The Morgan fingerprint density at radius 2 is 1.87 bits per heavy atom. The summed E-state index contributed by atoms with van der Waals surface area (Å²) in [7, 11) is 2.11. The molecule has 38 heavy (non-hydrogen) atoms. The Labute approximate surface area is 222 Å². The third-order valence-corrected chi connectivity index (χ3v) is 8.37. The average molecular weight is 518 g/mol. The Kier molecular flexibility index (Phi) is 6.07. The second-order valence-electron chi connectivity index (χ2n) is 10.9. The first kappa shape index (κ1) is 24.8. The molecule has 3 aliphatic rings. The molecule has 9 nitrogen and oxygen atoms in total. The molecule has 0 aliphatic carbocycles. The Hall–Kier alpha value is -3.56. The number of imide groups is 1. The number of ether oxygens (including phenoxy) is 1. The molecular formula is C29H35N5O4. The van der Waals surface area contributed by atoms with Gasteiger partial charge in [0.05, 0.1) is 6.61 Å². The molecule has 0 bridgehead atoms. The van der Waals surface area contributed by atoms with Crippen LogP contribution in [0.3, 0.4) is 0 Å². The number of phenols is 1. The largest absolute Gasteiger partial charge is 0.508 e. The Morgan fingerprint density at radius 3 is 2.61 bits per heavy atom. The Morgan fingerprint density at radius 1 is 1.08 bits per heavy atom. The summed E-state index contributed by atoms with van der Waals surface area (Å²) < 4.78 is 5.77. The van der Waals surface area contributed by atoms with E-state index < -0.39 is 11.6 Å². The van der Waals surface area contributed by atoms with Crippen LogP contribution < -0.4 is 4.74 Å². The minimum atomic E-state index is -1.04. The van der Waals surface area contributed by atoms with Crippen LogP contribution in [0, 0.1) is 0 Å². The summed E-state index contributed by atoms with van der Waals surface area (Å²) in [5.74, 6) is 0.727. The van der Waals surface area contributed by atoms with Crippen LogP contribution in [0.2, 0.25) is 0 Å². The van der Waals surface area contributed by atoms with Crippen LogP contribution in [-0.4, -0.2) is 100 Å². The summed E-state index contributed by atoms with van der Waals surface area (Å²) in [6, 6.07) is 12.1. The number of hydrogen-bond acceptors (Lipinski definition) is 6. The zero-order valence-corrected chi connectivity index (χ0v) is 22.2. The number of nitrogens with zero attached hydrogens (tertiary/aromatic N) is 4. The zero-order chi connectivity index (χ0) is 26.6. The number of rotatable bonds is 6. The molecule has 0 spiro atoms. The van der Waals surface area contributed by atoms with E-state index in [-0.39, 0.29) is 17.7 Å². The molecule has 6 rings (SSSR count). The van der Waals surface area contributed by atoms with Crippen molar-refractivity contribution >= 4 is 22.8 Å². The number of fused-ring (bicyclic) bond motifs is 4. The van der Waals surface area contributed by atoms with Gasteiger partial charge in [0, 0.05) is 62.3 Å². The summed E-state index contributed by atoms with van der Waals surface area (Å²) in [6.07, 6.45) is 0.406. The number of H-pyrrole nitrogens is 1. The van der Waals surface area contributed by atoms with Crippen molar-refractivity contribution in [1.82, 2.24) is 24.6 Å². The van der Waals surface area contributed by atoms with E-state index in [4.69, 9.17) is 4.74 Å². The number of carbonyl (C=O) groups excluding carboxylic acids is 2. The second-order valence-corrected chi connectivity index (χ2v) is 10.9. The molecule has 4 heterocycles. The lowest BCUT2D eigenvalue weighted by molar-refractivity contribution is -0.133. The van der Waals surface area contributed by atoms with Crippen LogP contribution in [0.1, 0.15) is 36.7 Å². The highest BCUT2D eigenvalue weighted by Gasteiger charge is 2.60. The highest BCUT2D eigenvalue weighted by atomic mass is 16.5. The third kappa shape index (κ3) is 3.92. The van der Waals surface area contributed by atoms with Crippen molar-refractivity contribution in [2.75, 3.05) is 52.9 Å². The lowest BCUT2D eigenvalue weighted by atomic mass is 9.81. The van der Waals surface area contributed by atoms with Crippen LogP contribution >= 0.6 is 0 Å². The number of hydrogen-bond donors (Lipinski definition) is 2. The first-order valence-corrected chi connectivity index (χ1v) is 13.4. The molecule has 2 saturated heterocycles. The molecule has 1 aromatic heterocycles. The topological polar surface area (TPSA) is 92.4 Å². The predicted octanol–water partition coefficient (Wildman–Crippen LogP) is 3.19. The molecule has 2 N–H and O–H groups in total. The Bertz CT molecular complexity index is 1390. The predicted molar refractivity (Wildman–Crippen MR) is 144 cm³/mol. The van der Waals surface area contributed by atoms with E-state index >= 15 is 0 Å². The van der Waals surface area contributed by atoms with Crippen molar-refractivity contribution in [2.24, 2.45) is 0 Å². The number of aromatic nitrogens is 1. The first-order chi connectivity index (χ1) is 18.3. The lowest BCUT2D eigenvalue weighted by Gasteiger charge is -2.42. The van der Waals surface area contributed by atoms with E-state index in [0.29, 0.717) is 26.1 Å². The number of phenolic OH excluding ortho intramolecular Hbond substituents is 1. The van der Waals surface area contributed by atoms with Gasteiger partial charge in [-0.1, -0.05) is 12.1 Å². The fourth-order valence-electron chi connectivity index (χ4n) is 6.30. The number of amides is 3. The molecule has 2 unspecified atom stereocenters.